The summed E-state index contributed by atoms with van der Waals surface area (Å²) in [6, 6.07) is 28.9. The van der Waals surface area contributed by atoms with Gasteiger partial charge in [0.25, 0.3) is 21.8 Å². The molecule has 4 aromatic rings. The first-order valence-corrected chi connectivity index (χ1v) is 16.1. The molecule has 0 fully saturated rings. The molecule has 2 amide bonds. The molecule has 0 aliphatic heterocycles. The summed E-state index contributed by atoms with van der Waals surface area (Å²) in [6.07, 6.45) is 1.90. The number of rotatable bonds is 12. The Morgan fingerprint density at radius 3 is 2.21 bits per heavy atom. The lowest BCUT2D eigenvalue weighted by Crippen LogP contribution is -2.39. The summed E-state index contributed by atoms with van der Waals surface area (Å²) in [5.41, 5.74) is 4.99. The molecule has 0 saturated carbocycles. The fourth-order valence-corrected chi connectivity index (χ4v) is 5.89. The van der Waals surface area contributed by atoms with E-state index in [1.54, 1.807) is 91.9 Å². The van der Waals surface area contributed by atoms with Crippen molar-refractivity contribution in [2.75, 3.05) is 29.0 Å². The molecule has 2 N–H and O–H groups in total. The van der Waals surface area contributed by atoms with E-state index in [4.69, 9.17) is 4.74 Å². The normalized spacial score (nSPS) is 11.5. The van der Waals surface area contributed by atoms with E-state index in [1.165, 1.54) is 23.9 Å². The van der Waals surface area contributed by atoms with Crippen molar-refractivity contribution in [3.8, 4) is 5.75 Å². The Labute approximate surface area is 256 Å². The van der Waals surface area contributed by atoms with Crippen LogP contribution in [0.3, 0.4) is 0 Å². The predicted octanol–water partition coefficient (Wildman–Crippen LogP) is 5.80. The summed E-state index contributed by atoms with van der Waals surface area (Å²) in [4.78, 5) is 26.6. The van der Waals surface area contributed by atoms with Crippen molar-refractivity contribution in [3.63, 3.8) is 0 Å². The summed E-state index contributed by atoms with van der Waals surface area (Å²) in [5, 5.41) is 7.04. The average Bonchev–Trinajstić information content (AvgIpc) is 3.03. The van der Waals surface area contributed by atoms with Gasteiger partial charge in [-0.15, -0.1) is 11.8 Å². The van der Waals surface area contributed by atoms with Gasteiger partial charge in [-0.1, -0.05) is 30.3 Å². The first-order chi connectivity index (χ1) is 20.7. The number of thioether (sulfide) groups is 1. The van der Waals surface area contributed by atoms with Crippen LogP contribution in [0.5, 0.6) is 5.75 Å². The molecule has 0 spiro atoms. The number of benzene rings is 4. The van der Waals surface area contributed by atoms with Crippen LogP contribution < -0.4 is 19.8 Å². The van der Waals surface area contributed by atoms with Crippen molar-refractivity contribution in [1.82, 2.24) is 5.43 Å². The Balaban J connectivity index is 1.52. The number of hydrogen-bond acceptors (Lipinski definition) is 7. The highest BCUT2D eigenvalue weighted by atomic mass is 32.2. The Morgan fingerprint density at radius 1 is 0.884 bits per heavy atom. The van der Waals surface area contributed by atoms with Crippen LogP contribution >= 0.6 is 11.8 Å². The number of amides is 2. The van der Waals surface area contributed by atoms with E-state index >= 15 is 0 Å². The molecule has 0 heterocycles. The molecule has 11 heteroatoms. The van der Waals surface area contributed by atoms with E-state index in [1.807, 2.05) is 19.2 Å². The van der Waals surface area contributed by atoms with Crippen molar-refractivity contribution in [2.45, 2.75) is 23.6 Å². The maximum atomic E-state index is 13.7. The number of sulfonamides is 1. The molecule has 9 nitrogen and oxygen atoms in total. The Hall–Kier alpha value is -4.61. The van der Waals surface area contributed by atoms with Crippen molar-refractivity contribution in [1.29, 1.82) is 0 Å². The molecule has 0 saturated heterocycles. The van der Waals surface area contributed by atoms with Gasteiger partial charge in [0.2, 0.25) is 0 Å². The number of hydrogen-bond donors (Lipinski definition) is 2. The summed E-state index contributed by atoms with van der Waals surface area (Å²) < 4.78 is 33.9. The molecule has 0 bridgehead atoms. The minimum absolute atomic E-state index is 0.0565. The van der Waals surface area contributed by atoms with Crippen LogP contribution in [0.25, 0.3) is 0 Å². The quantitative estimate of drug-likeness (QED) is 0.118. The van der Waals surface area contributed by atoms with Crippen molar-refractivity contribution < 1.29 is 22.7 Å². The van der Waals surface area contributed by atoms with Crippen LogP contribution in [0.1, 0.15) is 29.8 Å². The molecule has 4 rings (SSSR count). The van der Waals surface area contributed by atoms with Gasteiger partial charge < -0.3 is 10.1 Å². The van der Waals surface area contributed by atoms with Crippen LogP contribution in [0.4, 0.5) is 11.4 Å². The van der Waals surface area contributed by atoms with E-state index in [-0.39, 0.29) is 10.8 Å². The van der Waals surface area contributed by atoms with E-state index in [0.717, 1.165) is 9.20 Å². The molecular formula is C32H32N4O5S2. The second-order valence-electron chi connectivity index (χ2n) is 9.25. The number of anilines is 2. The molecule has 0 aliphatic carbocycles. The smallest absolute Gasteiger partial charge is 0.264 e. The zero-order valence-electron chi connectivity index (χ0n) is 24.0. The van der Waals surface area contributed by atoms with Crippen LogP contribution in [0.2, 0.25) is 0 Å². The number of ether oxygens (including phenoxy) is 1. The van der Waals surface area contributed by atoms with Crippen LogP contribution in [-0.2, 0) is 14.8 Å². The van der Waals surface area contributed by atoms with Gasteiger partial charge in [0.05, 0.1) is 22.9 Å². The predicted molar refractivity (Wildman–Crippen MR) is 172 cm³/mol. The minimum Gasteiger partial charge on any atom is -0.494 e. The molecule has 0 atom stereocenters. The maximum Gasteiger partial charge on any atom is 0.264 e. The van der Waals surface area contributed by atoms with Crippen LogP contribution in [-0.4, -0.2) is 45.4 Å². The third-order valence-corrected chi connectivity index (χ3v) is 8.82. The Kier molecular flexibility index (Phi) is 10.6. The zero-order valence-corrected chi connectivity index (χ0v) is 25.6. The topological polar surface area (TPSA) is 117 Å². The van der Waals surface area contributed by atoms with E-state index in [2.05, 4.69) is 15.8 Å². The lowest BCUT2D eigenvalue weighted by molar-refractivity contribution is -0.119. The van der Waals surface area contributed by atoms with E-state index < -0.39 is 22.5 Å². The third kappa shape index (κ3) is 8.24. The van der Waals surface area contributed by atoms with Gasteiger partial charge in [0, 0.05) is 16.1 Å². The molecule has 0 aliphatic rings. The van der Waals surface area contributed by atoms with Gasteiger partial charge in [0.1, 0.15) is 12.3 Å². The van der Waals surface area contributed by atoms with Gasteiger partial charge in [-0.25, -0.2) is 13.8 Å². The van der Waals surface area contributed by atoms with Gasteiger partial charge in [-0.05, 0) is 98.5 Å². The average molecular weight is 617 g/mol. The standard InChI is InChI=1S/C32H32N4O5S2/c1-4-41-28-15-13-27(14-16-28)36(43(39,40)30-19-17-29(42-3)18-20-30)22-31(37)35-34-23(2)25-11-8-12-26(21-25)33-32(38)24-9-6-5-7-10-24/h5-21H,4,22H2,1-3H3,(H,33,38)(H,35,37)/b34-23-. The molecular weight excluding hydrogens is 585 g/mol. The zero-order chi connectivity index (χ0) is 30.8. The van der Waals surface area contributed by atoms with Crippen LogP contribution in [0.15, 0.2) is 118 Å². The van der Waals surface area contributed by atoms with Gasteiger partial charge in [-0.2, -0.15) is 5.10 Å². The van der Waals surface area contributed by atoms with Crippen molar-refractivity contribution in [3.05, 3.63) is 114 Å². The molecule has 43 heavy (non-hydrogen) atoms. The van der Waals surface area contributed by atoms with Crippen molar-refractivity contribution >= 4 is 50.7 Å². The number of carbonyl (C=O) groups excluding carboxylic acids is 2. The monoisotopic (exact) mass is 616 g/mol. The second-order valence-corrected chi connectivity index (χ2v) is 12.0. The molecule has 4 aromatic carbocycles. The Morgan fingerprint density at radius 2 is 1.56 bits per heavy atom. The molecule has 0 radical (unpaired) electrons. The maximum absolute atomic E-state index is 13.7. The lowest BCUT2D eigenvalue weighted by atomic mass is 10.1. The first kappa shape index (κ1) is 31.3. The second kappa shape index (κ2) is 14.5. The van der Waals surface area contributed by atoms with E-state index in [0.29, 0.717) is 40.6 Å². The van der Waals surface area contributed by atoms with Crippen LogP contribution in [0, 0.1) is 0 Å². The lowest BCUT2D eigenvalue weighted by Gasteiger charge is -2.24. The largest absolute Gasteiger partial charge is 0.494 e. The highest BCUT2D eigenvalue weighted by molar-refractivity contribution is 7.98. The SMILES string of the molecule is CCOc1ccc(N(CC(=O)N/N=C(/C)c2cccc(NC(=O)c3ccccc3)c2)S(=O)(=O)c2ccc(SC)cc2)cc1. The van der Waals surface area contributed by atoms with Gasteiger partial charge >= 0.3 is 0 Å². The summed E-state index contributed by atoms with van der Waals surface area (Å²) in [7, 11) is -4.10. The summed E-state index contributed by atoms with van der Waals surface area (Å²) >= 11 is 1.50. The number of nitrogens with one attached hydrogen (secondary N) is 2. The highest BCUT2D eigenvalue weighted by Gasteiger charge is 2.27. The molecule has 0 aromatic heterocycles. The van der Waals surface area contributed by atoms with Gasteiger partial charge in [-0.3, -0.25) is 13.9 Å². The van der Waals surface area contributed by atoms with E-state index in [9.17, 15) is 18.0 Å². The van der Waals surface area contributed by atoms with Gasteiger partial charge in [0.15, 0.2) is 0 Å². The fourth-order valence-electron chi connectivity index (χ4n) is 4.06. The summed E-state index contributed by atoms with van der Waals surface area (Å²) in [5.74, 6) is -0.301. The molecule has 0 unspecified atom stereocenters. The van der Waals surface area contributed by atoms with Crippen molar-refractivity contribution in [2.24, 2.45) is 5.10 Å². The summed E-state index contributed by atoms with van der Waals surface area (Å²) in [6.45, 7) is 3.51. The minimum atomic E-state index is -4.10. The number of carbonyl (C=O) groups is 2. The first-order valence-electron chi connectivity index (χ1n) is 13.4. The fraction of sp³-hybridized carbons (Fsp3) is 0.156. The molecule has 222 valence electrons. The Bertz CT molecular complexity index is 1690. The third-order valence-electron chi connectivity index (χ3n) is 6.29. The highest BCUT2D eigenvalue weighted by Crippen LogP contribution is 2.27. The number of hydrazone groups is 1. The number of nitrogens with zero attached hydrogens (tertiary/aromatic N) is 2.